The summed E-state index contributed by atoms with van der Waals surface area (Å²) in [6, 6.07) is 15.0. The third-order valence-corrected chi connectivity index (χ3v) is 6.57. The molecule has 0 saturated carbocycles. The SMILES string of the molecule is COc1ccc(-c2sc3sc(O)c(C(=O)O)[n+]3c2-c2ccc(OC)cc2)cc1. The summed E-state index contributed by atoms with van der Waals surface area (Å²) < 4.78 is 12.8. The molecule has 2 aromatic carbocycles. The van der Waals surface area contributed by atoms with E-state index >= 15 is 0 Å². The van der Waals surface area contributed by atoms with Gasteiger partial charge in [-0.1, -0.05) is 0 Å². The minimum absolute atomic E-state index is 0.137. The molecule has 0 atom stereocenters. The molecule has 2 heterocycles. The lowest BCUT2D eigenvalue weighted by Gasteiger charge is -2.04. The fourth-order valence-corrected chi connectivity index (χ4v) is 5.38. The molecule has 0 bridgehead atoms. The van der Waals surface area contributed by atoms with Crippen LogP contribution in [-0.4, -0.2) is 30.4 Å². The largest absolute Gasteiger partial charge is 0.497 e. The molecule has 0 spiro atoms. The van der Waals surface area contributed by atoms with Gasteiger partial charge in [0.15, 0.2) is 0 Å². The number of ether oxygens (including phenoxy) is 2. The second-order valence-corrected chi connectivity index (χ2v) is 8.13. The standard InChI is InChI=1S/C20H15NO5S2/c1-25-13-7-3-11(4-8-13)15-17(12-5-9-14(26-2)10-6-12)27-20-21(15)16(18(22)23)19(24)28-20/h3-10H,1-2H3,(H-,22,23,24)/p+1. The molecular formula is C20H16NO5S2+. The summed E-state index contributed by atoms with van der Waals surface area (Å²) in [6.45, 7) is 0. The second-order valence-electron chi connectivity index (χ2n) is 5.90. The van der Waals surface area contributed by atoms with Gasteiger partial charge >= 0.3 is 15.8 Å². The minimum Gasteiger partial charge on any atom is -0.497 e. The molecule has 2 N–H and O–H groups in total. The van der Waals surface area contributed by atoms with Crippen molar-refractivity contribution in [1.29, 1.82) is 0 Å². The summed E-state index contributed by atoms with van der Waals surface area (Å²) in [4.78, 5) is 12.7. The zero-order valence-electron chi connectivity index (χ0n) is 15.0. The number of aromatic hydroxyl groups is 1. The van der Waals surface area contributed by atoms with Crippen LogP contribution in [0.4, 0.5) is 0 Å². The molecular weight excluding hydrogens is 398 g/mol. The maximum Gasteiger partial charge on any atom is 0.406 e. The summed E-state index contributed by atoms with van der Waals surface area (Å²) in [6.07, 6.45) is 0. The molecule has 0 aliphatic carbocycles. The van der Waals surface area contributed by atoms with Crippen molar-refractivity contribution in [1.82, 2.24) is 0 Å². The third-order valence-electron chi connectivity index (χ3n) is 4.34. The first-order chi connectivity index (χ1) is 13.5. The first-order valence-electron chi connectivity index (χ1n) is 8.26. The average molecular weight is 414 g/mol. The van der Waals surface area contributed by atoms with E-state index < -0.39 is 5.97 Å². The lowest BCUT2D eigenvalue weighted by molar-refractivity contribution is -0.494. The molecule has 8 heteroatoms. The number of benzene rings is 2. The fourth-order valence-electron chi connectivity index (χ4n) is 3.00. The van der Waals surface area contributed by atoms with Gasteiger partial charge in [-0.3, -0.25) is 0 Å². The maximum absolute atomic E-state index is 11.8. The smallest absolute Gasteiger partial charge is 0.406 e. The minimum atomic E-state index is -1.18. The quantitative estimate of drug-likeness (QED) is 0.476. The zero-order valence-corrected chi connectivity index (χ0v) is 16.6. The van der Waals surface area contributed by atoms with Crippen LogP contribution in [0.2, 0.25) is 0 Å². The number of thiazole rings is 2. The topological polar surface area (TPSA) is 80.1 Å². The molecule has 0 aliphatic rings. The van der Waals surface area contributed by atoms with Crippen LogP contribution in [0.5, 0.6) is 16.6 Å². The van der Waals surface area contributed by atoms with E-state index in [1.54, 1.807) is 18.6 Å². The van der Waals surface area contributed by atoms with Gasteiger partial charge in [-0.2, -0.15) is 0 Å². The number of hydrogen-bond donors (Lipinski definition) is 2. The van der Waals surface area contributed by atoms with Crippen molar-refractivity contribution in [2.75, 3.05) is 14.2 Å². The molecule has 2 aromatic heterocycles. The van der Waals surface area contributed by atoms with Crippen molar-refractivity contribution >= 4 is 32.8 Å². The second kappa shape index (κ2) is 7.14. The van der Waals surface area contributed by atoms with E-state index in [0.29, 0.717) is 15.6 Å². The van der Waals surface area contributed by atoms with E-state index in [1.165, 1.54) is 11.3 Å². The van der Waals surface area contributed by atoms with Crippen molar-refractivity contribution in [2.24, 2.45) is 0 Å². The van der Waals surface area contributed by atoms with E-state index in [4.69, 9.17) is 9.47 Å². The summed E-state index contributed by atoms with van der Waals surface area (Å²) >= 11 is 2.49. The number of nitrogens with zero attached hydrogens (tertiary/aromatic N) is 1. The number of carboxylic acids is 1. The van der Waals surface area contributed by atoms with E-state index in [2.05, 4.69) is 0 Å². The number of fused-ring (bicyclic) bond motifs is 1. The highest BCUT2D eigenvalue weighted by Crippen LogP contribution is 2.41. The Balaban J connectivity index is 2.02. The van der Waals surface area contributed by atoms with Crippen LogP contribution >= 0.6 is 22.7 Å². The van der Waals surface area contributed by atoms with Gasteiger partial charge in [-0.05, 0) is 76.8 Å². The van der Waals surface area contributed by atoms with Gasteiger partial charge in [0, 0.05) is 5.56 Å². The normalized spacial score (nSPS) is 10.9. The van der Waals surface area contributed by atoms with Crippen molar-refractivity contribution in [3.8, 4) is 38.3 Å². The molecule has 4 rings (SSSR count). The first kappa shape index (κ1) is 18.3. The van der Waals surface area contributed by atoms with E-state index in [1.807, 2.05) is 48.5 Å². The molecule has 6 nitrogen and oxygen atoms in total. The van der Waals surface area contributed by atoms with E-state index in [9.17, 15) is 15.0 Å². The first-order valence-corrected chi connectivity index (χ1v) is 9.89. The number of rotatable bonds is 5. The van der Waals surface area contributed by atoms with Crippen LogP contribution in [0.25, 0.3) is 25.8 Å². The molecule has 0 saturated heterocycles. The molecule has 4 aromatic rings. The van der Waals surface area contributed by atoms with Crippen LogP contribution in [0, 0.1) is 0 Å². The number of carboxylic acid groups (broad SMARTS) is 1. The van der Waals surface area contributed by atoms with Crippen LogP contribution in [0.3, 0.4) is 0 Å². The van der Waals surface area contributed by atoms with Crippen molar-refractivity contribution < 1.29 is 28.9 Å². The number of methoxy groups -OCH3 is 2. The summed E-state index contributed by atoms with van der Waals surface area (Å²) in [5.41, 5.74) is 2.33. The Labute approximate surface area is 168 Å². The van der Waals surface area contributed by atoms with Gasteiger partial charge in [0.2, 0.25) is 5.69 Å². The van der Waals surface area contributed by atoms with Gasteiger partial charge in [0.1, 0.15) is 16.4 Å². The molecule has 142 valence electrons. The van der Waals surface area contributed by atoms with Gasteiger partial charge in [0.05, 0.1) is 14.2 Å². The Morgan fingerprint density at radius 1 is 0.893 bits per heavy atom. The molecule has 0 amide bonds. The van der Waals surface area contributed by atoms with Crippen molar-refractivity contribution in [3.63, 3.8) is 0 Å². The predicted molar refractivity (Wildman–Crippen MR) is 108 cm³/mol. The van der Waals surface area contributed by atoms with Crippen molar-refractivity contribution in [3.05, 3.63) is 54.2 Å². The van der Waals surface area contributed by atoms with E-state index in [0.717, 1.165) is 33.1 Å². The average Bonchev–Trinajstić information content (AvgIpc) is 3.22. The summed E-state index contributed by atoms with van der Waals surface area (Å²) in [5, 5.41) is 19.6. The van der Waals surface area contributed by atoms with Gasteiger partial charge in [-0.15, -0.1) is 4.40 Å². The third kappa shape index (κ3) is 2.96. The Kier molecular flexibility index (Phi) is 4.66. The lowest BCUT2D eigenvalue weighted by atomic mass is 10.1. The molecule has 0 fully saturated rings. The van der Waals surface area contributed by atoms with Gasteiger partial charge in [-0.25, -0.2) is 4.79 Å². The van der Waals surface area contributed by atoms with Crippen LogP contribution in [-0.2, 0) is 0 Å². The summed E-state index contributed by atoms with van der Waals surface area (Å²) in [5.74, 6) is 0.269. The lowest BCUT2D eigenvalue weighted by Crippen LogP contribution is -2.27. The Bertz CT molecular complexity index is 1160. The van der Waals surface area contributed by atoms with Crippen LogP contribution < -0.4 is 13.9 Å². The zero-order chi connectivity index (χ0) is 19.8. The molecule has 0 aliphatic heterocycles. The highest BCUT2D eigenvalue weighted by Gasteiger charge is 2.36. The Morgan fingerprint density at radius 3 is 1.93 bits per heavy atom. The molecule has 0 radical (unpaired) electrons. The number of aromatic nitrogens is 1. The fraction of sp³-hybridized carbons (Fsp3) is 0.100. The number of aromatic carboxylic acids is 1. The monoisotopic (exact) mass is 414 g/mol. The van der Waals surface area contributed by atoms with Gasteiger partial charge < -0.3 is 19.7 Å². The molecule has 0 unspecified atom stereocenters. The highest BCUT2D eigenvalue weighted by atomic mass is 32.2. The predicted octanol–water partition coefficient (Wildman–Crippen LogP) is 4.30. The highest BCUT2D eigenvalue weighted by molar-refractivity contribution is 7.38. The molecule has 28 heavy (non-hydrogen) atoms. The van der Waals surface area contributed by atoms with Crippen LogP contribution in [0.1, 0.15) is 10.5 Å². The maximum atomic E-state index is 11.8. The van der Waals surface area contributed by atoms with Crippen LogP contribution in [0.15, 0.2) is 48.5 Å². The van der Waals surface area contributed by atoms with Crippen molar-refractivity contribution in [2.45, 2.75) is 0 Å². The summed E-state index contributed by atoms with van der Waals surface area (Å²) in [7, 11) is 3.20. The Morgan fingerprint density at radius 2 is 1.43 bits per heavy atom. The number of hydrogen-bond acceptors (Lipinski definition) is 6. The van der Waals surface area contributed by atoms with Gasteiger partial charge in [0.25, 0.3) is 5.06 Å². The number of carbonyl (C=O) groups is 1. The van der Waals surface area contributed by atoms with E-state index in [-0.39, 0.29) is 10.8 Å². The Hall–Kier alpha value is -3.10.